The quantitative estimate of drug-likeness (QED) is 0.821. The van der Waals surface area contributed by atoms with Crippen molar-refractivity contribution in [1.29, 1.82) is 0 Å². The third-order valence-electron chi connectivity index (χ3n) is 4.99. The Labute approximate surface area is 111 Å². The monoisotopic (exact) mass is 252 g/mol. The van der Waals surface area contributed by atoms with Gasteiger partial charge in [0.25, 0.3) is 0 Å². The summed E-state index contributed by atoms with van der Waals surface area (Å²) in [4.78, 5) is 14.9. The van der Waals surface area contributed by atoms with Gasteiger partial charge < -0.3 is 10.6 Å². The van der Waals surface area contributed by atoms with Crippen LogP contribution in [0.5, 0.6) is 0 Å². The molecule has 1 saturated heterocycles. The van der Waals surface area contributed by atoms with Crippen molar-refractivity contribution in [1.82, 2.24) is 4.90 Å². The summed E-state index contributed by atoms with van der Waals surface area (Å²) < 4.78 is 0. The zero-order valence-electron chi connectivity index (χ0n) is 12.0. The van der Waals surface area contributed by atoms with Crippen molar-refractivity contribution >= 4 is 5.91 Å². The molecule has 0 aromatic carbocycles. The molecule has 1 heterocycles. The number of carbonyl (C=O) groups is 1. The van der Waals surface area contributed by atoms with Crippen LogP contribution in [0.4, 0.5) is 0 Å². The summed E-state index contributed by atoms with van der Waals surface area (Å²) in [6, 6.07) is 0.288. The smallest absolute Gasteiger partial charge is 0.226 e. The van der Waals surface area contributed by atoms with Crippen LogP contribution in [-0.2, 0) is 4.79 Å². The summed E-state index contributed by atoms with van der Waals surface area (Å²) >= 11 is 0. The topological polar surface area (TPSA) is 46.3 Å². The van der Waals surface area contributed by atoms with Gasteiger partial charge in [-0.2, -0.15) is 0 Å². The predicted octanol–water partition coefficient (Wildman–Crippen LogP) is 2.54. The Balaban J connectivity index is 2.10. The first-order valence-electron chi connectivity index (χ1n) is 7.57. The third kappa shape index (κ3) is 2.71. The van der Waals surface area contributed by atoms with E-state index in [0.29, 0.717) is 12.5 Å². The normalized spacial score (nSPS) is 32.3. The lowest BCUT2D eigenvalue weighted by molar-refractivity contribution is -0.140. The Morgan fingerprint density at radius 3 is 2.61 bits per heavy atom. The number of nitrogens with zero attached hydrogens (tertiary/aromatic N) is 1. The summed E-state index contributed by atoms with van der Waals surface area (Å²) in [5.74, 6) is 0.611. The number of carbonyl (C=O) groups excluding carboxylic acids is 1. The molecule has 3 nitrogen and oxygen atoms in total. The lowest BCUT2D eigenvalue weighted by atomic mass is 9.81. The maximum absolute atomic E-state index is 12.8. The zero-order valence-corrected chi connectivity index (χ0v) is 12.0. The summed E-state index contributed by atoms with van der Waals surface area (Å²) in [6.45, 7) is 6.04. The molecule has 1 aliphatic carbocycles. The van der Waals surface area contributed by atoms with Gasteiger partial charge in [0.2, 0.25) is 5.91 Å². The van der Waals surface area contributed by atoms with Crippen LogP contribution in [0.1, 0.15) is 58.8 Å². The van der Waals surface area contributed by atoms with Crippen LogP contribution < -0.4 is 5.73 Å². The molecule has 1 aliphatic heterocycles. The fourth-order valence-corrected chi connectivity index (χ4v) is 3.70. The van der Waals surface area contributed by atoms with Gasteiger partial charge in [0.05, 0.1) is 0 Å². The molecule has 0 radical (unpaired) electrons. The maximum Gasteiger partial charge on any atom is 0.226 e. The molecule has 0 bridgehead atoms. The van der Waals surface area contributed by atoms with E-state index in [-0.39, 0.29) is 17.4 Å². The Bertz CT molecular complexity index is 301. The van der Waals surface area contributed by atoms with E-state index in [1.54, 1.807) is 0 Å². The number of rotatable bonds is 2. The molecule has 18 heavy (non-hydrogen) atoms. The summed E-state index contributed by atoms with van der Waals surface area (Å²) in [6.07, 6.45) is 8.16. The van der Waals surface area contributed by atoms with Crippen LogP contribution in [-0.4, -0.2) is 29.9 Å². The van der Waals surface area contributed by atoms with Gasteiger partial charge in [-0.25, -0.2) is 0 Å². The molecular formula is C15H28N2O. The molecule has 0 spiro atoms. The van der Waals surface area contributed by atoms with Crippen molar-refractivity contribution in [2.75, 3.05) is 13.1 Å². The van der Waals surface area contributed by atoms with E-state index in [1.807, 2.05) is 0 Å². The number of likely N-dealkylation sites (tertiary alicyclic amines) is 1. The van der Waals surface area contributed by atoms with E-state index < -0.39 is 0 Å². The first kappa shape index (κ1) is 13.9. The highest BCUT2D eigenvalue weighted by molar-refractivity contribution is 5.80. The second-order valence-electron chi connectivity index (χ2n) is 6.70. The van der Waals surface area contributed by atoms with E-state index in [4.69, 9.17) is 5.73 Å². The molecule has 1 amide bonds. The number of nitrogens with two attached hydrogens (primary N) is 1. The molecule has 2 aliphatic rings. The highest BCUT2D eigenvalue weighted by Crippen LogP contribution is 2.43. The molecule has 2 atom stereocenters. The third-order valence-corrected chi connectivity index (χ3v) is 4.99. The van der Waals surface area contributed by atoms with Gasteiger partial charge in [-0.1, -0.05) is 33.1 Å². The zero-order chi connectivity index (χ0) is 13.2. The molecule has 2 rings (SSSR count). The van der Waals surface area contributed by atoms with Gasteiger partial charge in [-0.3, -0.25) is 4.79 Å². The highest BCUT2D eigenvalue weighted by Gasteiger charge is 2.42. The van der Waals surface area contributed by atoms with Crippen molar-refractivity contribution in [2.45, 2.75) is 64.8 Å². The van der Waals surface area contributed by atoms with E-state index in [0.717, 1.165) is 25.8 Å². The van der Waals surface area contributed by atoms with Crippen molar-refractivity contribution in [3.63, 3.8) is 0 Å². The molecule has 104 valence electrons. The minimum absolute atomic E-state index is 0.183. The number of amides is 1. The van der Waals surface area contributed by atoms with E-state index >= 15 is 0 Å². The van der Waals surface area contributed by atoms with Crippen molar-refractivity contribution in [3.05, 3.63) is 0 Å². The van der Waals surface area contributed by atoms with Crippen LogP contribution in [0, 0.1) is 11.3 Å². The van der Waals surface area contributed by atoms with E-state index in [9.17, 15) is 4.79 Å². The summed E-state index contributed by atoms with van der Waals surface area (Å²) in [5.41, 5.74) is 6.06. The van der Waals surface area contributed by atoms with Gasteiger partial charge in [-0.05, 0) is 31.1 Å². The molecular weight excluding hydrogens is 224 g/mol. The Morgan fingerprint density at radius 1 is 1.22 bits per heavy atom. The lowest BCUT2D eigenvalue weighted by Crippen LogP contribution is -2.48. The Kier molecular flexibility index (Phi) is 4.31. The molecule has 3 heteroatoms. The SMILES string of the molecule is CC1(C)CCCC1C(=O)N1CCCCCC1CN. The standard InChI is InChI=1S/C15H28N2O/c1-15(2)9-6-8-13(15)14(18)17-10-5-3-4-7-12(17)11-16/h12-13H,3-11,16H2,1-2H3. The maximum atomic E-state index is 12.8. The highest BCUT2D eigenvalue weighted by atomic mass is 16.2. The molecule has 0 aromatic rings. The van der Waals surface area contributed by atoms with Crippen molar-refractivity contribution in [3.8, 4) is 0 Å². The van der Waals surface area contributed by atoms with Gasteiger partial charge >= 0.3 is 0 Å². The second-order valence-corrected chi connectivity index (χ2v) is 6.70. The Hall–Kier alpha value is -0.570. The minimum Gasteiger partial charge on any atom is -0.338 e. The van der Waals surface area contributed by atoms with Gasteiger partial charge in [-0.15, -0.1) is 0 Å². The number of hydrogen-bond acceptors (Lipinski definition) is 2. The molecule has 2 unspecified atom stereocenters. The van der Waals surface area contributed by atoms with Gasteiger partial charge in [0, 0.05) is 25.0 Å². The van der Waals surface area contributed by atoms with Crippen LogP contribution in [0.15, 0.2) is 0 Å². The van der Waals surface area contributed by atoms with E-state index in [1.165, 1.54) is 25.7 Å². The second kappa shape index (κ2) is 5.60. The average molecular weight is 252 g/mol. The van der Waals surface area contributed by atoms with Crippen LogP contribution in [0.25, 0.3) is 0 Å². The van der Waals surface area contributed by atoms with Crippen LogP contribution in [0.2, 0.25) is 0 Å². The summed E-state index contributed by atoms with van der Waals surface area (Å²) in [5, 5.41) is 0. The lowest BCUT2D eigenvalue weighted by Gasteiger charge is -2.35. The fraction of sp³-hybridized carbons (Fsp3) is 0.933. The molecule has 1 saturated carbocycles. The molecule has 2 N–H and O–H groups in total. The number of hydrogen-bond donors (Lipinski definition) is 1. The fourth-order valence-electron chi connectivity index (χ4n) is 3.70. The molecule has 2 fully saturated rings. The van der Waals surface area contributed by atoms with Crippen molar-refractivity contribution < 1.29 is 4.79 Å². The average Bonchev–Trinajstić information content (AvgIpc) is 2.56. The van der Waals surface area contributed by atoms with Crippen LogP contribution in [0.3, 0.4) is 0 Å². The minimum atomic E-state index is 0.183. The largest absolute Gasteiger partial charge is 0.338 e. The van der Waals surface area contributed by atoms with E-state index in [2.05, 4.69) is 18.7 Å². The first-order chi connectivity index (χ1) is 8.56. The van der Waals surface area contributed by atoms with Crippen LogP contribution >= 0.6 is 0 Å². The first-order valence-corrected chi connectivity index (χ1v) is 7.57. The van der Waals surface area contributed by atoms with Gasteiger partial charge in [0.1, 0.15) is 0 Å². The Morgan fingerprint density at radius 2 is 2.00 bits per heavy atom. The summed E-state index contributed by atoms with van der Waals surface area (Å²) in [7, 11) is 0. The predicted molar refractivity (Wildman–Crippen MR) is 74.1 cm³/mol. The van der Waals surface area contributed by atoms with Gasteiger partial charge in [0.15, 0.2) is 0 Å². The molecule has 0 aromatic heterocycles. The van der Waals surface area contributed by atoms with Crippen molar-refractivity contribution in [2.24, 2.45) is 17.1 Å².